The molecule has 0 saturated heterocycles. The van der Waals surface area contributed by atoms with Crippen LogP contribution in [0.5, 0.6) is 0 Å². The zero-order valence-corrected chi connectivity index (χ0v) is 12.4. The molecule has 0 radical (unpaired) electrons. The van der Waals surface area contributed by atoms with Crippen molar-refractivity contribution in [3.05, 3.63) is 11.9 Å². The third kappa shape index (κ3) is 4.96. The molecule has 0 aliphatic heterocycles. The van der Waals surface area contributed by atoms with Crippen LogP contribution in [0, 0.1) is 0 Å². The van der Waals surface area contributed by atoms with Crippen LogP contribution in [0.2, 0.25) is 0 Å². The molecule has 1 aliphatic carbocycles. The summed E-state index contributed by atoms with van der Waals surface area (Å²) in [4.78, 5) is 9.17. The lowest BCUT2D eigenvalue weighted by atomic mass is 10.2. The van der Waals surface area contributed by atoms with Gasteiger partial charge in [-0.2, -0.15) is 0 Å². The van der Waals surface area contributed by atoms with Crippen LogP contribution in [-0.4, -0.2) is 34.8 Å². The largest absolute Gasteiger partial charge is 0.396 e. The van der Waals surface area contributed by atoms with Crippen LogP contribution >= 0.6 is 0 Å². The first-order valence-corrected chi connectivity index (χ1v) is 7.81. The standard InChI is InChI=1S/C15H26N4O/c1-2-16-13-11-14(17-9-5-3-4-6-10-20)19-15(18-13)12-7-8-12/h11-12,20H,2-10H2,1H3,(H2,16,17,18,19). The Morgan fingerprint density at radius 3 is 2.45 bits per heavy atom. The van der Waals surface area contributed by atoms with E-state index in [1.165, 1.54) is 12.8 Å². The van der Waals surface area contributed by atoms with Crippen molar-refractivity contribution in [2.45, 2.75) is 51.4 Å². The molecule has 0 atom stereocenters. The predicted octanol–water partition coefficient (Wildman–Crippen LogP) is 2.75. The number of unbranched alkanes of at least 4 members (excludes halogenated alkanes) is 3. The fourth-order valence-corrected chi connectivity index (χ4v) is 2.16. The van der Waals surface area contributed by atoms with E-state index in [0.29, 0.717) is 12.5 Å². The average molecular weight is 278 g/mol. The topological polar surface area (TPSA) is 70.1 Å². The zero-order valence-electron chi connectivity index (χ0n) is 12.4. The third-order valence-corrected chi connectivity index (χ3v) is 3.43. The summed E-state index contributed by atoms with van der Waals surface area (Å²) < 4.78 is 0. The average Bonchev–Trinajstić information content (AvgIpc) is 3.27. The van der Waals surface area contributed by atoms with Gasteiger partial charge in [0.1, 0.15) is 17.5 Å². The fourth-order valence-electron chi connectivity index (χ4n) is 2.16. The summed E-state index contributed by atoms with van der Waals surface area (Å²) in [5, 5.41) is 15.4. The van der Waals surface area contributed by atoms with Gasteiger partial charge in [-0.25, -0.2) is 9.97 Å². The molecule has 1 aromatic heterocycles. The van der Waals surface area contributed by atoms with Crippen molar-refractivity contribution >= 4 is 11.6 Å². The number of aliphatic hydroxyl groups is 1. The normalized spacial score (nSPS) is 14.3. The monoisotopic (exact) mass is 278 g/mol. The Labute approximate surface area is 121 Å². The second-order valence-corrected chi connectivity index (χ2v) is 5.37. The first kappa shape index (κ1) is 15.0. The van der Waals surface area contributed by atoms with Gasteiger partial charge < -0.3 is 15.7 Å². The molecule has 3 N–H and O–H groups in total. The number of hydrogen-bond donors (Lipinski definition) is 3. The molecular weight excluding hydrogens is 252 g/mol. The lowest BCUT2D eigenvalue weighted by Gasteiger charge is -2.10. The number of rotatable bonds is 10. The van der Waals surface area contributed by atoms with Crippen LogP contribution in [-0.2, 0) is 0 Å². The van der Waals surface area contributed by atoms with Gasteiger partial charge in [-0.05, 0) is 32.6 Å². The van der Waals surface area contributed by atoms with Crippen LogP contribution in [0.15, 0.2) is 6.07 Å². The summed E-state index contributed by atoms with van der Waals surface area (Å²) in [5.74, 6) is 3.40. The van der Waals surface area contributed by atoms with Gasteiger partial charge in [0, 0.05) is 31.7 Å². The van der Waals surface area contributed by atoms with Gasteiger partial charge in [-0.15, -0.1) is 0 Å². The highest BCUT2D eigenvalue weighted by molar-refractivity contribution is 5.48. The van der Waals surface area contributed by atoms with Crippen molar-refractivity contribution in [1.82, 2.24) is 9.97 Å². The maximum Gasteiger partial charge on any atom is 0.136 e. The molecule has 0 amide bonds. The Hall–Kier alpha value is -1.36. The van der Waals surface area contributed by atoms with Crippen LogP contribution in [0.3, 0.4) is 0 Å². The Kier molecular flexibility index (Phi) is 6.05. The Morgan fingerprint density at radius 2 is 1.80 bits per heavy atom. The molecule has 0 spiro atoms. The lowest BCUT2D eigenvalue weighted by molar-refractivity contribution is 0.283. The highest BCUT2D eigenvalue weighted by atomic mass is 16.2. The van der Waals surface area contributed by atoms with Gasteiger partial charge in [0.25, 0.3) is 0 Å². The van der Waals surface area contributed by atoms with E-state index in [9.17, 15) is 0 Å². The van der Waals surface area contributed by atoms with Crippen LogP contribution in [0.1, 0.15) is 57.2 Å². The number of aromatic nitrogens is 2. The zero-order chi connectivity index (χ0) is 14.2. The highest BCUT2D eigenvalue weighted by Crippen LogP contribution is 2.38. The molecule has 0 bridgehead atoms. The van der Waals surface area contributed by atoms with E-state index < -0.39 is 0 Å². The molecule has 5 nitrogen and oxygen atoms in total. The van der Waals surface area contributed by atoms with E-state index in [4.69, 9.17) is 5.11 Å². The van der Waals surface area contributed by atoms with Crippen LogP contribution in [0.25, 0.3) is 0 Å². The van der Waals surface area contributed by atoms with E-state index in [1.54, 1.807) is 0 Å². The number of aliphatic hydroxyl groups excluding tert-OH is 1. The van der Waals surface area contributed by atoms with Gasteiger partial charge in [0.05, 0.1) is 0 Å². The van der Waals surface area contributed by atoms with Crippen LogP contribution < -0.4 is 10.6 Å². The summed E-state index contributed by atoms with van der Waals surface area (Å²) in [6.07, 6.45) is 6.70. The summed E-state index contributed by atoms with van der Waals surface area (Å²) in [7, 11) is 0. The van der Waals surface area contributed by atoms with E-state index >= 15 is 0 Å². The Morgan fingerprint density at radius 1 is 1.10 bits per heavy atom. The van der Waals surface area contributed by atoms with Crippen molar-refractivity contribution in [3.63, 3.8) is 0 Å². The minimum absolute atomic E-state index is 0.302. The van der Waals surface area contributed by atoms with E-state index in [0.717, 1.165) is 56.2 Å². The molecule has 112 valence electrons. The molecule has 1 saturated carbocycles. The molecule has 0 aromatic carbocycles. The molecule has 1 aliphatic rings. The third-order valence-electron chi connectivity index (χ3n) is 3.43. The molecule has 1 fully saturated rings. The van der Waals surface area contributed by atoms with Crippen molar-refractivity contribution in [1.29, 1.82) is 0 Å². The maximum absolute atomic E-state index is 8.73. The highest BCUT2D eigenvalue weighted by Gasteiger charge is 2.27. The number of nitrogens with zero attached hydrogens (tertiary/aromatic N) is 2. The van der Waals surface area contributed by atoms with Gasteiger partial charge in [-0.1, -0.05) is 12.8 Å². The SMILES string of the molecule is CCNc1cc(NCCCCCCO)nc(C2CC2)n1. The number of nitrogens with one attached hydrogen (secondary N) is 2. The molecule has 0 unspecified atom stereocenters. The fraction of sp³-hybridized carbons (Fsp3) is 0.733. The first-order valence-electron chi connectivity index (χ1n) is 7.81. The first-order chi connectivity index (χ1) is 9.83. The van der Waals surface area contributed by atoms with E-state index in [1.807, 2.05) is 6.07 Å². The molecule has 5 heteroatoms. The molecule has 1 heterocycles. The van der Waals surface area contributed by atoms with Gasteiger partial charge in [0.15, 0.2) is 0 Å². The van der Waals surface area contributed by atoms with Crippen molar-refractivity contribution < 1.29 is 5.11 Å². The predicted molar refractivity (Wildman–Crippen MR) is 82.2 cm³/mol. The Balaban J connectivity index is 1.82. The maximum atomic E-state index is 8.73. The number of anilines is 2. The summed E-state index contributed by atoms with van der Waals surface area (Å²) in [6.45, 7) is 4.18. The minimum Gasteiger partial charge on any atom is -0.396 e. The van der Waals surface area contributed by atoms with Gasteiger partial charge in [0.2, 0.25) is 0 Å². The van der Waals surface area contributed by atoms with Gasteiger partial charge >= 0.3 is 0 Å². The lowest BCUT2D eigenvalue weighted by Crippen LogP contribution is -2.08. The van der Waals surface area contributed by atoms with Crippen LogP contribution in [0.4, 0.5) is 11.6 Å². The quantitative estimate of drug-likeness (QED) is 0.574. The molecule has 1 aromatic rings. The van der Waals surface area contributed by atoms with Gasteiger partial charge in [-0.3, -0.25) is 0 Å². The molecule has 2 rings (SSSR count). The molecular formula is C15H26N4O. The smallest absolute Gasteiger partial charge is 0.136 e. The number of hydrogen-bond acceptors (Lipinski definition) is 5. The summed E-state index contributed by atoms with van der Waals surface area (Å²) in [6, 6.07) is 1.99. The van der Waals surface area contributed by atoms with E-state index in [2.05, 4.69) is 27.5 Å². The second kappa shape index (κ2) is 8.04. The van der Waals surface area contributed by atoms with E-state index in [-0.39, 0.29) is 0 Å². The van der Waals surface area contributed by atoms with Crippen molar-refractivity contribution in [2.75, 3.05) is 30.3 Å². The minimum atomic E-state index is 0.302. The van der Waals surface area contributed by atoms with Crippen molar-refractivity contribution in [2.24, 2.45) is 0 Å². The van der Waals surface area contributed by atoms with Crippen molar-refractivity contribution in [3.8, 4) is 0 Å². The summed E-state index contributed by atoms with van der Waals surface area (Å²) in [5.41, 5.74) is 0. The second-order valence-electron chi connectivity index (χ2n) is 5.37. The summed E-state index contributed by atoms with van der Waals surface area (Å²) >= 11 is 0. The Bertz CT molecular complexity index is 407. The molecule has 20 heavy (non-hydrogen) atoms.